The standard InChI is InChI=1S/C17H23BrN2S/c1-3-8-19-11-15(10-17-12-20-13(2)21-17)9-14-4-6-16(18)7-5-14/h4-7,12,15,19H,3,8-11H2,1-2H3. The number of nitrogens with zero attached hydrogens (tertiary/aromatic N) is 1. The minimum atomic E-state index is 0.623. The monoisotopic (exact) mass is 366 g/mol. The molecule has 1 heterocycles. The summed E-state index contributed by atoms with van der Waals surface area (Å²) in [5.41, 5.74) is 1.41. The molecule has 1 atom stereocenters. The highest BCUT2D eigenvalue weighted by atomic mass is 79.9. The summed E-state index contributed by atoms with van der Waals surface area (Å²) in [5.74, 6) is 0.623. The second kappa shape index (κ2) is 8.66. The minimum absolute atomic E-state index is 0.623. The first-order chi connectivity index (χ1) is 10.2. The van der Waals surface area contributed by atoms with Crippen molar-refractivity contribution in [3.05, 3.63) is 50.4 Å². The molecule has 2 rings (SSSR count). The molecule has 1 aromatic carbocycles. The van der Waals surface area contributed by atoms with Gasteiger partial charge in [-0.05, 0) is 62.9 Å². The molecule has 2 nitrogen and oxygen atoms in total. The molecular weight excluding hydrogens is 344 g/mol. The summed E-state index contributed by atoms with van der Waals surface area (Å²) in [6.45, 7) is 6.45. The predicted molar refractivity (Wildman–Crippen MR) is 95.1 cm³/mol. The van der Waals surface area contributed by atoms with Crippen molar-refractivity contribution >= 4 is 27.3 Å². The summed E-state index contributed by atoms with van der Waals surface area (Å²) in [7, 11) is 0. The first-order valence-electron chi connectivity index (χ1n) is 7.54. The number of aromatic nitrogens is 1. The highest BCUT2D eigenvalue weighted by Crippen LogP contribution is 2.20. The van der Waals surface area contributed by atoms with Gasteiger partial charge in [-0.15, -0.1) is 11.3 Å². The fourth-order valence-corrected chi connectivity index (χ4v) is 3.61. The lowest BCUT2D eigenvalue weighted by atomic mass is 9.95. The van der Waals surface area contributed by atoms with Crippen LogP contribution in [0.5, 0.6) is 0 Å². The average molecular weight is 367 g/mol. The van der Waals surface area contributed by atoms with Crippen LogP contribution in [0.3, 0.4) is 0 Å². The molecule has 2 aromatic rings. The fourth-order valence-electron chi connectivity index (χ4n) is 2.44. The Morgan fingerprint density at radius 2 is 2.00 bits per heavy atom. The maximum Gasteiger partial charge on any atom is 0.0896 e. The van der Waals surface area contributed by atoms with E-state index >= 15 is 0 Å². The molecule has 1 aromatic heterocycles. The molecule has 0 bridgehead atoms. The van der Waals surface area contributed by atoms with Crippen molar-refractivity contribution in [3.63, 3.8) is 0 Å². The van der Waals surface area contributed by atoms with Gasteiger partial charge < -0.3 is 5.32 Å². The first kappa shape index (κ1) is 16.7. The molecule has 21 heavy (non-hydrogen) atoms. The maximum absolute atomic E-state index is 4.38. The lowest BCUT2D eigenvalue weighted by Gasteiger charge is -2.17. The Balaban J connectivity index is 1.98. The van der Waals surface area contributed by atoms with Crippen molar-refractivity contribution in [1.82, 2.24) is 10.3 Å². The number of nitrogens with one attached hydrogen (secondary N) is 1. The Bertz CT molecular complexity index is 536. The van der Waals surface area contributed by atoms with Gasteiger partial charge in [0, 0.05) is 15.5 Å². The van der Waals surface area contributed by atoms with Gasteiger partial charge in [-0.3, -0.25) is 0 Å². The van der Waals surface area contributed by atoms with E-state index in [9.17, 15) is 0 Å². The second-order valence-electron chi connectivity index (χ2n) is 5.45. The summed E-state index contributed by atoms with van der Waals surface area (Å²) < 4.78 is 1.14. The van der Waals surface area contributed by atoms with Gasteiger partial charge in [0.05, 0.1) is 5.01 Å². The van der Waals surface area contributed by atoms with E-state index in [0.717, 1.165) is 35.4 Å². The number of halogens is 1. The quantitative estimate of drug-likeness (QED) is 0.689. The van der Waals surface area contributed by atoms with Crippen LogP contribution in [0.15, 0.2) is 34.9 Å². The van der Waals surface area contributed by atoms with Crippen LogP contribution in [0.4, 0.5) is 0 Å². The topological polar surface area (TPSA) is 24.9 Å². The van der Waals surface area contributed by atoms with Crippen molar-refractivity contribution in [2.75, 3.05) is 13.1 Å². The van der Waals surface area contributed by atoms with E-state index in [4.69, 9.17) is 0 Å². The summed E-state index contributed by atoms with van der Waals surface area (Å²) >= 11 is 5.32. The smallest absolute Gasteiger partial charge is 0.0896 e. The summed E-state index contributed by atoms with van der Waals surface area (Å²) in [6.07, 6.45) is 5.44. The zero-order chi connectivity index (χ0) is 15.1. The Hall–Kier alpha value is -0.710. The average Bonchev–Trinajstić information content (AvgIpc) is 2.87. The lowest BCUT2D eigenvalue weighted by molar-refractivity contribution is 0.473. The Labute approximate surface area is 140 Å². The molecule has 0 radical (unpaired) electrons. The van der Waals surface area contributed by atoms with Crippen LogP contribution >= 0.6 is 27.3 Å². The van der Waals surface area contributed by atoms with Crippen LogP contribution in [0.25, 0.3) is 0 Å². The third-order valence-corrected chi connectivity index (χ3v) is 4.92. The van der Waals surface area contributed by atoms with Gasteiger partial charge >= 0.3 is 0 Å². The maximum atomic E-state index is 4.38. The van der Waals surface area contributed by atoms with Gasteiger partial charge in [-0.1, -0.05) is 35.0 Å². The molecule has 0 spiro atoms. The Kier molecular flexibility index (Phi) is 6.87. The fraction of sp³-hybridized carbons (Fsp3) is 0.471. The first-order valence-corrected chi connectivity index (χ1v) is 9.14. The zero-order valence-electron chi connectivity index (χ0n) is 12.7. The van der Waals surface area contributed by atoms with E-state index in [-0.39, 0.29) is 0 Å². The van der Waals surface area contributed by atoms with Crippen molar-refractivity contribution in [2.45, 2.75) is 33.1 Å². The van der Waals surface area contributed by atoms with Crippen molar-refractivity contribution in [2.24, 2.45) is 5.92 Å². The van der Waals surface area contributed by atoms with Gasteiger partial charge in [0.2, 0.25) is 0 Å². The number of hydrogen-bond donors (Lipinski definition) is 1. The number of rotatable bonds is 8. The second-order valence-corrected chi connectivity index (χ2v) is 7.69. The molecule has 4 heteroatoms. The lowest BCUT2D eigenvalue weighted by Crippen LogP contribution is -2.26. The van der Waals surface area contributed by atoms with Gasteiger partial charge in [-0.2, -0.15) is 0 Å². The van der Waals surface area contributed by atoms with Crippen LogP contribution in [0.1, 0.15) is 28.8 Å². The van der Waals surface area contributed by atoms with Crippen LogP contribution in [-0.2, 0) is 12.8 Å². The molecule has 1 N–H and O–H groups in total. The largest absolute Gasteiger partial charge is 0.316 e. The SMILES string of the molecule is CCCNCC(Cc1ccc(Br)cc1)Cc1cnc(C)s1. The summed E-state index contributed by atoms with van der Waals surface area (Å²) in [5, 5.41) is 4.73. The normalized spacial score (nSPS) is 12.5. The van der Waals surface area contributed by atoms with E-state index in [2.05, 4.69) is 64.3 Å². The van der Waals surface area contributed by atoms with E-state index in [1.807, 2.05) is 17.5 Å². The number of benzene rings is 1. The third kappa shape index (κ3) is 5.89. The van der Waals surface area contributed by atoms with E-state index in [1.165, 1.54) is 16.9 Å². The van der Waals surface area contributed by atoms with Crippen molar-refractivity contribution < 1.29 is 0 Å². The molecule has 114 valence electrons. The van der Waals surface area contributed by atoms with Crippen molar-refractivity contribution in [3.8, 4) is 0 Å². The predicted octanol–water partition coefficient (Wildman–Crippen LogP) is 4.62. The van der Waals surface area contributed by atoms with Crippen LogP contribution < -0.4 is 5.32 Å². The molecular formula is C17H23BrN2S. The van der Waals surface area contributed by atoms with Gasteiger partial charge in [-0.25, -0.2) is 4.98 Å². The van der Waals surface area contributed by atoms with E-state index in [0.29, 0.717) is 5.92 Å². The molecule has 0 amide bonds. The molecule has 0 saturated heterocycles. The molecule has 1 unspecified atom stereocenters. The number of hydrogen-bond acceptors (Lipinski definition) is 3. The third-order valence-electron chi connectivity index (χ3n) is 3.46. The highest BCUT2D eigenvalue weighted by molar-refractivity contribution is 9.10. The van der Waals surface area contributed by atoms with E-state index < -0.39 is 0 Å². The summed E-state index contributed by atoms with van der Waals surface area (Å²) in [4.78, 5) is 5.77. The van der Waals surface area contributed by atoms with Crippen molar-refractivity contribution in [1.29, 1.82) is 0 Å². The molecule has 0 fully saturated rings. The van der Waals surface area contributed by atoms with E-state index in [1.54, 1.807) is 0 Å². The van der Waals surface area contributed by atoms with Gasteiger partial charge in [0.1, 0.15) is 0 Å². The minimum Gasteiger partial charge on any atom is -0.316 e. The zero-order valence-corrected chi connectivity index (χ0v) is 15.1. The number of thiazole rings is 1. The van der Waals surface area contributed by atoms with Gasteiger partial charge in [0.25, 0.3) is 0 Å². The molecule has 0 aliphatic rings. The molecule has 0 saturated carbocycles. The van der Waals surface area contributed by atoms with Crippen LogP contribution in [-0.4, -0.2) is 18.1 Å². The van der Waals surface area contributed by atoms with Gasteiger partial charge in [0.15, 0.2) is 0 Å². The summed E-state index contributed by atoms with van der Waals surface area (Å²) in [6, 6.07) is 8.69. The molecule has 0 aliphatic heterocycles. The highest BCUT2D eigenvalue weighted by Gasteiger charge is 2.12. The van der Waals surface area contributed by atoms with Crippen LogP contribution in [0, 0.1) is 12.8 Å². The molecule has 0 aliphatic carbocycles. The Morgan fingerprint density at radius 3 is 2.62 bits per heavy atom. The van der Waals surface area contributed by atoms with Crippen LogP contribution in [0.2, 0.25) is 0 Å². The number of aryl methyl sites for hydroxylation is 1. The Morgan fingerprint density at radius 1 is 1.24 bits per heavy atom.